The van der Waals surface area contributed by atoms with E-state index in [1.54, 1.807) is 0 Å². The van der Waals surface area contributed by atoms with Gasteiger partial charge in [-0.2, -0.15) is 13.2 Å². The Balaban J connectivity index is 1.36. The minimum absolute atomic E-state index is 0.0438. The molecule has 1 aromatic heterocycles. The average molecular weight is 453 g/mol. The number of carbonyl (C=O) groups is 3. The molecule has 11 heteroatoms. The van der Waals surface area contributed by atoms with Crippen molar-refractivity contribution >= 4 is 34.4 Å². The Morgan fingerprint density at radius 2 is 2.06 bits per heavy atom. The van der Waals surface area contributed by atoms with Crippen molar-refractivity contribution in [3.63, 3.8) is 0 Å². The molecule has 1 aromatic carbocycles. The van der Waals surface area contributed by atoms with E-state index in [1.807, 2.05) is 0 Å². The van der Waals surface area contributed by atoms with Gasteiger partial charge in [0.1, 0.15) is 5.58 Å². The molecule has 8 nitrogen and oxygen atoms in total. The van der Waals surface area contributed by atoms with E-state index in [0.29, 0.717) is 0 Å². The lowest BCUT2D eigenvalue weighted by Gasteiger charge is -2.22. The van der Waals surface area contributed by atoms with E-state index >= 15 is 0 Å². The molecule has 32 heavy (non-hydrogen) atoms. The van der Waals surface area contributed by atoms with Crippen molar-refractivity contribution in [2.45, 2.75) is 37.9 Å². The van der Waals surface area contributed by atoms with Crippen molar-refractivity contribution < 1.29 is 36.7 Å². The molecule has 1 aliphatic carbocycles. The number of nitrogens with one attached hydrogen (secondary N) is 1. The second kappa shape index (κ2) is 8.36. The Kier molecular flexibility index (Phi) is 5.74. The minimum Gasteiger partial charge on any atom is -0.460 e. The lowest BCUT2D eigenvalue weighted by Crippen LogP contribution is -2.38. The monoisotopic (exact) mass is 453 g/mol. The number of amides is 2. The fourth-order valence-electron chi connectivity index (χ4n) is 4.29. The van der Waals surface area contributed by atoms with E-state index in [2.05, 4.69) is 5.32 Å². The molecule has 2 heterocycles. The number of alkyl halides is 3. The van der Waals surface area contributed by atoms with Gasteiger partial charge in [-0.3, -0.25) is 9.59 Å². The molecule has 2 amide bonds. The molecule has 0 radical (unpaired) electrons. The minimum atomic E-state index is -4.56. The molecule has 2 fully saturated rings. The highest BCUT2D eigenvalue weighted by Crippen LogP contribution is 2.35. The van der Waals surface area contributed by atoms with Gasteiger partial charge in [0.25, 0.3) is 0 Å². The summed E-state index contributed by atoms with van der Waals surface area (Å²) in [5.74, 6) is -1.81. The fraction of sp³-hybridized carbons (Fsp3) is 0.476. The van der Waals surface area contributed by atoms with Gasteiger partial charge in [0, 0.05) is 18.0 Å². The Morgan fingerprint density at radius 1 is 1.28 bits per heavy atom. The fourth-order valence-corrected chi connectivity index (χ4v) is 4.29. The summed E-state index contributed by atoms with van der Waals surface area (Å²) in [6, 6.07) is 2.65. The molecule has 1 saturated heterocycles. The predicted molar refractivity (Wildman–Crippen MR) is 106 cm³/mol. The topological polar surface area (TPSA) is 115 Å². The van der Waals surface area contributed by atoms with Crippen molar-refractivity contribution in [2.24, 2.45) is 5.92 Å². The molecule has 0 spiro atoms. The quantitative estimate of drug-likeness (QED) is 0.532. The van der Waals surface area contributed by atoms with Gasteiger partial charge in [-0.15, -0.1) is 0 Å². The van der Waals surface area contributed by atoms with Crippen LogP contribution >= 0.6 is 0 Å². The molecule has 0 unspecified atom stereocenters. The molecule has 3 N–H and O–H groups in total. The van der Waals surface area contributed by atoms with Crippen LogP contribution in [0.2, 0.25) is 0 Å². The van der Waals surface area contributed by atoms with E-state index in [4.69, 9.17) is 14.9 Å². The van der Waals surface area contributed by atoms with Crippen LogP contribution in [0.1, 0.15) is 41.8 Å². The summed E-state index contributed by atoms with van der Waals surface area (Å²) < 4.78 is 49.0. The number of nitrogen functional groups attached to an aromatic ring is 1. The third-order valence-corrected chi connectivity index (χ3v) is 5.87. The number of furan rings is 1. The Bertz CT molecular complexity index is 1060. The first kappa shape index (κ1) is 22.0. The summed E-state index contributed by atoms with van der Waals surface area (Å²) in [7, 11) is 0. The summed E-state index contributed by atoms with van der Waals surface area (Å²) in [5, 5.41) is 3.06. The molecular formula is C21H22F3N3O5. The standard InChI is InChI=1S/C21H22F3N3O5/c22-21(23,24)11-5-6-13-15(9-11)32-18(17(13)25)20(30)31-8-2-7-27-10-16(28)26-14-4-1-3-12(14)19(27)29/h5-6,9,12,14H,1-4,7-8,10,25H2,(H,26,28)/t12-,14-/m0/s1. The molecular weight excluding hydrogens is 431 g/mol. The van der Waals surface area contributed by atoms with E-state index in [0.717, 1.165) is 37.5 Å². The second-order valence-electron chi connectivity index (χ2n) is 8.01. The molecule has 0 bridgehead atoms. The molecule has 2 aromatic rings. The highest BCUT2D eigenvalue weighted by Gasteiger charge is 2.39. The molecule has 172 valence electrons. The number of fused-ring (bicyclic) bond motifs is 2. The van der Waals surface area contributed by atoms with Crippen LogP contribution in [0.3, 0.4) is 0 Å². The Hall–Kier alpha value is -3.24. The van der Waals surface area contributed by atoms with Gasteiger partial charge < -0.3 is 25.1 Å². The molecule has 4 rings (SSSR count). The van der Waals surface area contributed by atoms with Crippen molar-refractivity contribution in [1.82, 2.24) is 10.2 Å². The number of anilines is 1. The summed E-state index contributed by atoms with van der Waals surface area (Å²) in [5.41, 5.74) is 4.65. The normalized spacial score (nSPS) is 21.4. The van der Waals surface area contributed by atoms with Crippen LogP contribution in [-0.2, 0) is 20.5 Å². The van der Waals surface area contributed by atoms with E-state index < -0.39 is 17.7 Å². The Morgan fingerprint density at radius 3 is 2.81 bits per heavy atom. The van der Waals surface area contributed by atoms with E-state index in [9.17, 15) is 27.6 Å². The smallest absolute Gasteiger partial charge is 0.416 e. The van der Waals surface area contributed by atoms with Crippen LogP contribution in [0.5, 0.6) is 0 Å². The third-order valence-electron chi connectivity index (χ3n) is 5.87. The first-order valence-electron chi connectivity index (χ1n) is 10.3. The second-order valence-corrected chi connectivity index (χ2v) is 8.01. The summed E-state index contributed by atoms with van der Waals surface area (Å²) >= 11 is 0. The lowest BCUT2D eigenvalue weighted by molar-refractivity contribution is -0.137. The first-order chi connectivity index (χ1) is 15.1. The maximum atomic E-state index is 12.9. The number of hydrogen-bond donors (Lipinski definition) is 2. The average Bonchev–Trinajstić information content (AvgIpc) is 3.30. The van der Waals surface area contributed by atoms with Crippen molar-refractivity contribution in [1.29, 1.82) is 0 Å². The van der Waals surface area contributed by atoms with Crippen LogP contribution in [0.15, 0.2) is 22.6 Å². The van der Waals surface area contributed by atoms with Crippen LogP contribution < -0.4 is 11.1 Å². The largest absolute Gasteiger partial charge is 0.460 e. The van der Waals surface area contributed by atoms with Gasteiger partial charge in [-0.25, -0.2) is 4.79 Å². The number of nitrogens with zero attached hydrogens (tertiary/aromatic N) is 1. The lowest BCUT2D eigenvalue weighted by atomic mass is 10.0. The number of carbonyl (C=O) groups excluding carboxylic acids is 3. The van der Waals surface area contributed by atoms with Gasteiger partial charge in [-0.05, 0) is 37.5 Å². The van der Waals surface area contributed by atoms with E-state index in [-0.39, 0.29) is 72.3 Å². The van der Waals surface area contributed by atoms with Gasteiger partial charge in [-0.1, -0.05) is 6.42 Å². The summed E-state index contributed by atoms with van der Waals surface area (Å²) in [6.45, 7) is 0.105. The SMILES string of the molecule is Nc1c(C(=O)OCCCN2CC(=O)N[C@H]3CCC[C@@H]3C2=O)oc2cc(C(F)(F)F)ccc12. The molecule has 1 aliphatic heterocycles. The summed E-state index contributed by atoms with van der Waals surface area (Å²) in [6.07, 6.45) is -1.87. The van der Waals surface area contributed by atoms with Gasteiger partial charge in [0.2, 0.25) is 17.6 Å². The number of ether oxygens (including phenoxy) is 1. The van der Waals surface area contributed by atoms with Crippen molar-refractivity contribution in [3.8, 4) is 0 Å². The van der Waals surface area contributed by atoms with Gasteiger partial charge in [0.05, 0.1) is 30.3 Å². The van der Waals surface area contributed by atoms with Crippen molar-refractivity contribution in [3.05, 3.63) is 29.5 Å². The number of hydrogen-bond acceptors (Lipinski definition) is 6. The van der Waals surface area contributed by atoms with Gasteiger partial charge in [0.15, 0.2) is 0 Å². The highest BCUT2D eigenvalue weighted by molar-refractivity contribution is 6.03. The van der Waals surface area contributed by atoms with Crippen LogP contribution in [0, 0.1) is 5.92 Å². The third kappa shape index (κ3) is 4.23. The predicted octanol–water partition coefficient (Wildman–Crippen LogP) is 2.71. The molecule has 2 atom stereocenters. The zero-order valence-electron chi connectivity index (χ0n) is 17.0. The summed E-state index contributed by atoms with van der Waals surface area (Å²) in [4.78, 5) is 38.5. The number of halogens is 3. The van der Waals surface area contributed by atoms with Crippen LogP contribution in [0.25, 0.3) is 11.0 Å². The number of benzene rings is 1. The molecule has 1 saturated carbocycles. The van der Waals surface area contributed by atoms with Gasteiger partial charge >= 0.3 is 12.1 Å². The first-order valence-corrected chi connectivity index (χ1v) is 10.3. The molecule has 2 aliphatic rings. The highest BCUT2D eigenvalue weighted by atomic mass is 19.4. The number of esters is 1. The zero-order chi connectivity index (χ0) is 23.0. The maximum Gasteiger partial charge on any atom is 0.416 e. The zero-order valence-corrected chi connectivity index (χ0v) is 17.0. The van der Waals surface area contributed by atoms with Crippen LogP contribution in [0.4, 0.5) is 18.9 Å². The van der Waals surface area contributed by atoms with Crippen LogP contribution in [-0.4, -0.2) is 48.4 Å². The van der Waals surface area contributed by atoms with E-state index in [1.165, 1.54) is 4.90 Å². The van der Waals surface area contributed by atoms with Crippen molar-refractivity contribution in [2.75, 3.05) is 25.4 Å². The number of rotatable bonds is 5. The number of nitrogens with two attached hydrogens (primary N) is 1. The Labute approximate surface area is 180 Å². The maximum absolute atomic E-state index is 12.9.